The van der Waals surface area contributed by atoms with Gasteiger partial charge in [0.1, 0.15) is 6.04 Å². The number of carbonyl (C=O) groups is 2. The lowest BCUT2D eigenvalue weighted by Gasteiger charge is -2.33. The van der Waals surface area contributed by atoms with Gasteiger partial charge in [-0.3, -0.25) is 9.59 Å². The Morgan fingerprint density at radius 2 is 2.22 bits per heavy atom. The molecule has 8 heteroatoms. The summed E-state index contributed by atoms with van der Waals surface area (Å²) in [7, 11) is 0. The first-order valence-electron chi connectivity index (χ1n) is 7.05. The van der Waals surface area contributed by atoms with Gasteiger partial charge in [0.2, 0.25) is 5.91 Å². The van der Waals surface area contributed by atoms with Gasteiger partial charge in [0.15, 0.2) is 0 Å². The summed E-state index contributed by atoms with van der Waals surface area (Å²) < 4.78 is 6.77. The van der Waals surface area contributed by atoms with Crippen molar-refractivity contribution in [2.24, 2.45) is 5.73 Å². The molecular weight excluding hydrogens is 320 g/mol. The van der Waals surface area contributed by atoms with Gasteiger partial charge in [-0.25, -0.2) is 4.68 Å². The maximum atomic E-state index is 12.6. The van der Waals surface area contributed by atoms with Crippen LogP contribution in [-0.2, 0) is 9.53 Å². The van der Waals surface area contributed by atoms with Crippen molar-refractivity contribution in [2.75, 3.05) is 19.8 Å². The first-order chi connectivity index (χ1) is 11.1. The fraction of sp³-hybridized carbons (Fsp3) is 0.267. The van der Waals surface area contributed by atoms with E-state index in [-0.39, 0.29) is 12.5 Å². The number of nitrogens with two attached hydrogens (primary N) is 1. The third-order valence-electron chi connectivity index (χ3n) is 3.62. The molecule has 0 bridgehead atoms. The minimum Gasteiger partial charge on any atom is -0.377 e. The van der Waals surface area contributed by atoms with Crippen LogP contribution in [-0.4, -0.2) is 52.3 Å². The second-order valence-electron chi connectivity index (χ2n) is 5.15. The van der Waals surface area contributed by atoms with E-state index >= 15 is 0 Å². The molecule has 1 aromatic heterocycles. The Hall–Kier alpha value is -2.38. The molecule has 3 rings (SSSR count). The fourth-order valence-corrected chi connectivity index (χ4v) is 2.63. The number of primary amides is 1. The third-order valence-corrected chi connectivity index (χ3v) is 3.86. The highest BCUT2D eigenvalue weighted by atomic mass is 35.5. The van der Waals surface area contributed by atoms with Crippen molar-refractivity contribution in [1.82, 2.24) is 14.7 Å². The molecule has 0 saturated carbocycles. The molecule has 1 aromatic carbocycles. The number of hydrogen-bond donors (Lipinski definition) is 1. The molecule has 1 saturated heterocycles. The zero-order chi connectivity index (χ0) is 16.4. The van der Waals surface area contributed by atoms with Crippen molar-refractivity contribution in [3.05, 3.63) is 47.2 Å². The largest absolute Gasteiger partial charge is 0.377 e. The Kier molecular flexibility index (Phi) is 4.31. The lowest BCUT2D eigenvalue weighted by atomic mass is 10.2. The number of carbonyl (C=O) groups excluding carboxylic acids is 2. The van der Waals surface area contributed by atoms with Crippen LogP contribution in [0, 0.1) is 0 Å². The zero-order valence-electron chi connectivity index (χ0n) is 12.2. The van der Waals surface area contributed by atoms with Crippen molar-refractivity contribution in [3.8, 4) is 5.69 Å². The molecule has 1 unspecified atom stereocenters. The summed E-state index contributed by atoms with van der Waals surface area (Å²) in [6.45, 7) is 0.802. The average molecular weight is 335 g/mol. The number of morpholine rings is 1. The summed E-state index contributed by atoms with van der Waals surface area (Å²) >= 11 is 5.96. The smallest absolute Gasteiger partial charge is 0.257 e. The van der Waals surface area contributed by atoms with Gasteiger partial charge in [0.05, 0.1) is 30.7 Å². The average Bonchev–Trinajstić information content (AvgIpc) is 3.04. The number of rotatable bonds is 3. The summed E-state index contributed by atoms with van der Waals surface area (Å²) in [6.07, 6.45) is 3.05. The third kappa shape index (κ3) is 3.20. The van der Waals surface area contributed by atoms with Crippen LogP contribution in [0.1, 0.15) is 10.4 Å². The van der Waals surface area contributed by atoms with E-state index < -0.39 is 11.9 Å². The monoisotopic (exact) mass is 334 g/mol. The SMILES string of the molecule is NC(=O)C1COCCN1C(=O)c1cnn(-c2cccc(Cl)c2)c1. The van der Waals surface area contributed by atoms with Crippen molar-refractivity contribution in [2.45, 2.75) is 6.04 Å². The summed E-state index contributed by atoms with van der Waals surface area (Å²) in [5.74, 6) is -0.884. The predicted octanol–water partition coefficient (Wildman–Crippen LogP) is 0.852. The predicted molar refractivity (Wildman–Crippen MR) is 83.4 cm³/mol. The van der Waals surface area contributed by atoms with Gasteiger partial charge in [-0.1, -0.05) is 17.7 Å². The highest BCUT2D eigenvalue weighted by Gasteiger charge is 2.32. The number of hydrogen-bond acceptors (Lipinski definition) is 4. The number of nitrogens with zero attached hydrogens (tertiary/aromatic N) is 3. The minimum atomic E-state index is -0.759. The number of halogens is 1. The first-order valence-corrected chi connectivity index (χ1v) is 7.42. The van der Waals surface area contributed by atoms with Gasteiger partial charge >= 0.3 is 0 Å². The van der Waals surface area contributed by atoms with Crippen LogP contribution in [0.2, 0.25) is 5.02 Å². The van der Waals surface area contributed by atoms with E-state index in [1.807, 2.05) is 6.07 Å². The molecule has 0 spiro atoms. The Bertz CT molecular complexity index is 746. The van der Waals surface area contributed by atoms with Crippen molar-refractivity contribution in [1.29, 1.82) is 0 Å². The van der Waals surface area contributed by atoms with E-state index in [1.54, 1.807) is 29.1 Å². The maximum absolute atomic E-state index is 12.6. The summed E-state index contributed by atoms with van der Waals surface area (Å²) in [5, 5.41) is 4.75. The summed E-state index contributed by atoms with van der Waals surface area (Å²) in [6, 6.07) is 6.36. The molecule has 2 amide bonds. The lowest BCUT2D eigenvalue weighted by Crippen LogP contribution is -2.54. The molecule has 2 aromatic rings. The van der Waals surface area contributed by atoms with Crippen LogP contribution in [0.25, 0.3) is 5.69 Å². The highest BCUT2D eigenvalue weighted by Crippen LogP contribution is 2.17. The van der Waals surface area contributed by atoms with Crippen LogP contribution in [0.5, 0.6) is 0 Å². The van der Waals surface area contributed by atoms with Crippen LogP contribution < -0.4 is 5.73 Å². The number of benzene rings is 1. The summed E-state index contributed by atoms with van der Waals surface area (Å²) in [5.41, 5.74) is 6.45. The van der Waals surface area contributed by atoms with E-state index in [2.05, 4.69) is 5.10 Å². The first kappa shape index (κ1) is 15.5. The second-order valence-corrected chi connectivity index (χ2v) is 5.58. The molecule has 1 atom stereocenters. The quantitative estimate of drug-likeness (QED) is 0.901. The highest BCUT2D eigenvalue weighted by molar-refractivity contribution is 6.30. The minimum absolute atomic E-state index is 0.115. The van der Waals surface area contributed by atoms with Gasteiger partial charge in [0, 0.05) is 17.8 Å². The molecule has 2 heterocycles. The van der Waals surface area contributed by atoms with Crippen LogP contribution >= 0.6 is 11.6 Å². The van der Waals surface area contributed by atoms with Crippen LogP contribution in [0.3, 0.4) is 0 Å². The van der Waals surface area contributed by atoms with Gasteiger partial charge < -0.3 is 15.4 Å². The number of ether oxygens (including phenoxy) is 1. The van der Waals surface area contributed by atoms with E-state index in [9.17, 15) is 9.59 Å². The molecule has 23 heavy (non-hydrogen) atoms. The molecule has 0 radical (unpaired) electrons. The Balaban J connectivity index is 1.84. The maximum Gasteiger partial charge on any atom is 0.257 e. The molecule has 120 valence electrons. The van der Waals surface area contributed by atoms with Crippen LogP contribution in [0.15, 0.2) is 36.7 Å². The number of amides is 2. The lowest BCUT2D eigenvalue weighted by molar-refractivity contribution is -0.127. The molecule has 7 nitrogen and oxygen atoms in total. The Morgan fingerprint density at radius 3 is 2.96 bits per heavy atom. The van der Waals surface area contributed by atoms with E-state index in [0.717, 1.165) is 5.69 Å². The molecule has 2 N–H and O–H groups in total. The van der Waals surface area contributed by atoms with E-state index in [1.165, 1.54) is 11.1 Å². The van der Waals surface area contributed by atoms with E-state index in [0.29, 0.717) is 23.7 Å². The zero-order valence-corrected chi connectivity index (χ0v) is 12.9. The topological polar surface area (TPSA) is 90.5 Å². The van der Waals surface area contributed by atoms with Crippen LogP contribution in [0.4, 0.5) is 0 Å². The summed E-state index contributed by atoms with van der Waals surface area (Å²) in [4.78, 5) is 25.5. The second kappa shape index (κ2) is 6.39. The standard InChI is InChI=1S/C15H15ClN4O3/c16-11-2-1-3-12(6-11)20-8-10(7-18-20)15(22)19-4-5-23-9-13(19)14(17)21/h1-3,6-8,13H,4-5,9H2,(H2,17,21). The number of aromatic nitrogens is 2. The van der Waals surface area contributed by atoms with Gasteiger partial charge in [-0.15, -0.1) is 0 Å². The molecular formula is C15H15ClN4O3. The van der Waals surface area contributed by atoms with Crippen molar-refractivity contribution in [3.63, 3.8) is 0 Å². The van der Waals surface area contributed by atoms with Crippen molar-refractivity contribution >= 4 is 23.4 Å². The molecule has 1 aliphatic heterocycles. The fourth-order valence-electron chi connectivity index (χ4n) is 2.44. The van der Waals surface area contributed by atoms with E-state index in [4.69, 9.17) is 22.1 Å². The molecule has 1 fully saturated rings. The van der Waals surface area contributed by atoms with Gasteiger partial charge in [-0.2, -0.15) is 5.10 Å². The normalized spacial score (nSPS) is 18.0. The Labute approximate surface area is 137 Å². The molecule has 1 aliphatic rings. The van der Waals surface area contributed by atoms with Gasteiger partial charge in [0.25, 0.3) is 5.91 Å². The Morgan fingerprint density at radius 1 is 1.39 bits per heavy atom. The van der Waals surface area contributed by atoms with Gasteiger partial charge in [-0.05, 0) is 18.2 Å². The molecule has 0 aliphatic carbocycles. The van der Waals surface area contributed by atoms with Crippen molar-refractivity contribution < 1.29 is 14.3 Å².